The number of hydrogen-bond acceptors (Lipinski definition) is 12. The molecular formula is C30H31N9O5S. The smallest absolute Gasteiger partial charge is 0.283 e. The van der Waals surface area contributed by atoms with E-state index in [9.17, 15) is 8.42 Å². The number of methoxy groups -OCH3 is 1. The Kier molecular flexibility index (Phi) is 8.26. The number of hydrogen-bond donors (Lipinski definition) is 1. The highest BCUT2D eigenvalue weighted by molar-refractivity contribution is 7.92. The van der Waals surface area contributed by atoms with Crippen molar-refractivity contribution in [2.24, 2.45) is 5.92 Å². The Morgan fingerprint density at radius 3 is 2.38 bits per heavy atom. The quantitative estimate of drug-likeness (QED) is 0.202. The molecule has 5 aromatic rings. The topological polar surface area (TPSA) is 171 Å². The van der Waals surface area contributed by atoms with Crippen molar-refractivity contribution in [3.63, 3.8) is 0 Å². The number of ether oxygens (including phenoxy) is 3. The van der Waals surface area contributed by atoms with E-state index >= 15 is 0 Å². The third kappa shape index (κ3) is 6.24. The Balaban J connectivity index is 1.60. The van der Waals surface area contributed by atoms with Crippen LogP contribution in [0.1, 0.15) is 33.6 Å². The fourth-order valence-electron chi connectivity index (χ4n) is 4.72. The molecule has 6 rings (SSSR count). The van der Waals surface area contributed by atoms with Gasteiger partial charge in [0.25, 0.3) is 15.9 Å². The average Bonchev–Trinajstić information content (AvgIpc) is 3.76. The summed E-state index contributed by atoms with van der Waals surface area (Å²) in [6.45, 7) is 5.43. The zero-order chi connectivity index (χ0) is 31.6. The van der Waals surface area contributed by atoms with Crippen molar-refractivity contribution < 1.29 is 22.6 Å². The Morgan fingerprint density at radius 2 is 1.71 bits per heavy atom. The third-order valence-electron chi connectivity index (χ3n) is 7.11. The molecule has 1 aliphatic rings. The van der Waals surface area contributed by atoms with Crippen LogP contribution in [-0.4, -0.2) is 68.2 Å². The first-order valence-electron chi connectivity index (χ1n) is 14.3. The highest BCUT2D eigenvalue weighted by Gasteiger charge is 2.37. The van der Waals surface area contributed by atoms with Gasteiger partial charge in [-0.2, -0.15) is 18.6 Å². The molecule has 4 heterocycles. The van der Waals surface area contributed by atoms with E-state index < -0.39 is 16.1 Å². The summed E-state index contributed by atoms with van der Waals surface area (Å²) in [6, 6.07) is 14.5. The van der Waals surface area contributed by atoms with Crippen LogP contribution < -0.4 is 18.5 Å². The number of nitrogens with one attached hydrogen (secondary N) is 1. The van der Waals surface area contributed by atoms with Crippen LogP contribution in [0.25, 0.3) is 22.9 Å². The van der Waals surface area contributed by atoms with Crippen LogP contribution >= 0.6 is 0 Å². The molecule has 14 nitrogen and oxygen atoms in total. The van der Waals surface area contributed by atoms with Gasteiger partial charge in [-0.15, -0.1) is 10.2 Å². The number of sulfonamides is 1. The van der Waals surface area contributed by atoms with E-state index in [1.54, 1.807) is 68.6 Å². The molecule has 1 unspecified atom stereocenters. The minimum Gasteiger partial charge on any atom is -0.493 e. The predicted octanol–water partition coefficient (Wildman–Crippen LogP) is 4.70. The standard InChI is InChI=1S/C30H31N9O5S/c1-18(2)39(45(40,41)25-11-7-8-15-32-25)29-26(44-24-10-6-5-9-23(24)42-4)30(43-19(3)20-12-13-20)34-27(33-29)21-14-16-31-22(17-21)28-35-37-38-36-28/h5-11,14-20H,12-13H2,1-4H3,(H,35,36,37,38). The normalized spacial score (nSPS) is 13.8. The van der Waals surface area contributed by atoms with Gasteiger partial charge in [-0.05, 0) is 81.1 Å². The molecule has 0 aliphatic heterocycles. The van der Waals surface area contributed by atoms with Gasteiger partial charge in [-0.3, -0.25) is 4.98 Å². The number of H-pyrrole nitrogens is 1. The number of nitrogens with zero attached hydrogens (tertiary/aromatic N) is 8. The molecule has 0 bridgehead atoms. The second kappa shape index (κ2) is 12.4. The molecule has 1 atom stereocenters. The van der Waals surface area contributed by atoms with Crippen LogP contribution in [-0.2, 0) is 10.0 Å². The molecular weight excluding hydrogens is 598 g/mol. The van der Waals surface area contributed by atoms with Crippen molar-refractivity contribution >= 4 is 15.8 Å². The summed E-state index contributed by atoms with van der Waals surface area (Å²) < 4.78 is 48.1. The Morgan fingerprint density at radius 1 is 0.933 bits per heavy atom. The Labute approximate surface area is 259 Å². The lowest BCUT2D eigenvalue weighted by Crippen LogP contribution is -2.38. The highest BCUT2D eigenvalue weighted by atomic mass is 32.2. The van der Waals surface area contributed by atoms with Crippen molar-refractivity contribution in [2.75, 3.05) is 11.4 Å². The molecule has 4 aromatic heterocycles. The molecule has 232 valence electrons. The third-order valence-corrected chi connectivity index (χ3v) is 8.99. The summed E-state index contributed by atoms with van der Waals surface area (Å²) in [7, 11) is -2.74. The maximum absolute atomic E-state index is 14.3. The van der Waals surface area contributed by atoms with Crippen LogP contribution in [0.4, 0.5) is 5.82 Å². The van der Waals surface area contributed by atoms with Crippen molar-refractivity contribution in [3.8, 4) is 46.0 Å². The van der Waals surface area contributed by atoms with Gasteiger partial charge in [0.15, 0.2) is 28.2 Å². The van der Waals surface area contributed by atoms with Crippen molar-refractivity contribution in [2.45, 2.75) is 50.8 Å². The van der Waals surface area contributed by atoms with E-state index in [4.69, 9.17) is 24.2 Å². The number of rotatable bonds is 12. The van der Waals surface area contributed by atoms with Gasteiger partial charge < -0.3 is 14.2 Å². The number of aromatic amines is 1. The molecule has 45 heavy (non-hydrogen) atoms. The van der Waals surface area contributed by atoms with Crippen LogP contribution in [0.2, 0.25) is 0 Å². The number of tetrazole rings is 1. The van der Waals surface area contributed by atoms with E-state index in [0.29, 0.717) is 28.7 Å². The van der Waals surface area contributed by atoms with Crippen LogP contribution in [0, 0.1) is 5.92 Å². The Bertz CT molecular complexity index is 1890. The minimum atomic E-state index is -4.26. The van der Waals surface area contributed by atoms with Crippen LogP contribution in [0.5, 0.6) is 23.1 Å². The number of pyridine rings is 2. The fraction of sp³-hybridized carbons (Fsp3) is 0.300. The summed E-state index contributed by atoms with van der Waals surface area (Å²) in [6.07, 6.45) is 4.78. The summed E-state index contributed by atoms with van der Waals surface area (Å²) >= 11 is 0. The van der Waals surface area contributed by atoms with E-state index in [1.165, 1.54) is 23.7 Å². The zero-order valence-electron chi connectivity index (χ0n) is 25.0. The summed E-state index contributed by atoms with van der Waals surface area (Å²) in [5.41, 5.74) is 0.925. The second-order valence-electron chi connectivity index (χ2n) is 10.6. The van der Waals surface area contributed by atoms with Gasteiger partial charge in [0.2, 0.25) is 11.6 Å². The summed E-state index contributed by atoms with van der Waals surface area (Å²) in [5.74, 6) is 1.56. The van der Waals surface area contributed by atoms with Crippen molar-refractivity contribution in [3.05, 3.63) is 67.0 Å². The first-order valence-corrected chi connectivity index (χ1v) is 15.8. The van der Waals surface area contributed by atoms with Gasteiger partial charge in [0.05, 0.1) is 7.11 Å². The molecule has 0 saturated heterocycles. The number of anilines is 1. The van der Waals surface area contributed by atoms with E-state index in [0.717, 1.165) is 12.8 Å². The lowest BCUT2D eigenvalue weighted by atomic mass is 10.2. The largest absolute Gasteiger partial charge is 0.493 e. The SMILES string of the molecule is COc1ccccc1Oc1c(OC(C)C2CC2)nc(-c2ccnc(-c3nn[nH]n3)c2)nc1N(C(C)C)S(=O)(=O)c1ccccn1. The summed E-state index contributed by atoms with van der Waals surface area (Å²) in [5, 5.41) is 13.9. The predicted molar refractivity (Wildman–Crippen MR) is 163 cm³/mol. The molecule has 1 saturated carbocycles. The minimum absolute atomic E-state index is 0.0106. The van der Waals surface area contributed by atoms with Crippen LogP contribution in [0.3, 0.4) is 0 Å². The van der Waals surface area contributed by atoms with E-state index in [2.05, 4.69) is 30.6 Å². The van der Waals surface area contributed by atoms with E-state index in [1.807, 2.05) is 6.92 Å². The molecule has 0 spiro atoms. The highest BCUT2D eigenvalue weighted by Crippen LogP contribution is 2.46. The summed E-state index contributed by atoms with van der Waals surface area (Å²) in [4.78, 5) is 18.1. The molecule has 1 N–H and O–H groups in total. The van der Waals surface area contributed by atoms with Gasteiger partial charge in [0.1, 0.15) is 11.8 Å². The Hall–Kier alpha value is -5.18. The van der Waals surface area contributed by atoms with Gasteiger partial charge in [-0.1, -0.05) is 18.2 Å². The van der Waals surface area contributed by atoms with Gasteiger partial charge >= 0.3 is 0 Å². The molecule has 1 fully saturated rings. The maximum atomic E-state index is 14.3. The van der Waals surface area contributed by atoms with Gasteiger partial charge in [-0.25, -0.2) is 14.3 Å². The average molecular weight is 630 g/mol. The lowest BCUT2D eigenvalue weighted by molar-refractivity contribution is 0.183. The number of para-hydroxylation sites is 2. The van der Waals surface area contributed by atoms with Gasteiger partial charge in [0, 0.05) is 24.0 Å². The van der Waals surface area contributed by atoms with E-state index in [-0.39, 0.29) is 40.2 Å². The first kappa shape index (κ1) is 29.9. The van der Waals surface area contributed by atoms with Crippen LogP contribution in [0.15, 0.2) is 72.0 Å². The van der Waals surface area contributed by atoms with Crippen molar-refractivity contribution in [1.29, 1.82) is 0 Å². The number of aromatic nitrogens is 8. The molecule has 0 amide bonds. The molecule has 0 radical (unpaired) electrons. The number of benzene rings is 1. The fourth-order valence-corrected chi connectivity index (χ4v) is 6.27. The molecule has 1 aliphatic carbocycles. The molecule has 1 aromatic carbocycles. The second-order valence-corrected chi connectivity index (χ2v) is 12.4. The monoisotopic (exact) mass is 629 g/mol. The lowest BCUT2D eigenvalue weighted by Gasteiger charge is -2.29. The maximum Gasteiger partial charge on any atom is 0.283 e. The zero-order valence-corrected chi connectivity index (χ0v) is 25.8. The molecule has 15 heteroatoms. The van der Waals surface area contributed by atoms with Crippen molar-refractivity contribution in [1.82, 2.24) is 40.6 Å². The first-order chi connectivity index (χ1) is 21.8.